The van der Waals surface area contributed by atoms with Crippen molar-refractivity contribution in [3.63, 3.8) is 0 Å². The molecule has 0 aromatic rings. The van der Waals surface area contributed by atoms with E-state index >= 15 is 0 Å². The average Bonchev–Trinajstić information content (AvgIpc) is 0.722. The molecule has 4 nitrogen and oxygen atoms in total. The summed E-state index contributed by atoms with van der Waals surface area (Å²) >= 11 is 0. The minimum absolute atomic E-state index is 0. The van der Waals surface area contributed by atoms with Crippen molar-refractivity contribution >= 4 is 61.7 Å². The van der Waals surface area contributed by atoms with Gasteiger partial charge in [-0.25, -0.2) is 4.57 Å². The number of hydrogen-bond acceptors (Lipinski definition) is 1. The molecule has 3 N–H and O–H groups in total. The molecule has 0 heterocycles. The van der Waals surface area contributed by atoms with Crippen LogP contribution in [0.25, 0.3) is 0 Å². The van der Waals surface area contributed by atoms with Gasteiger partial charge in [-0.05, 0) is 0 Å². The summed E-state index contributed by atoms with van der Waals surface area (Å²) in [5.41, 5.74) is 0. The second-order valence-corrected chi connectivity index (χ2v) is 1.54. The third kappa shape index (κ3) is 89.3. The van der Waals surface area contributed by atoms with Crippen LogP contribution < -0.4 is 0 Å². The topological polar surface area (TPSA) is 77.8 Å². The summed E-state index contributed by atoms with van der Waals surface area (Å²) in [6.45, 7) is 0. The number of phosphoric acid groups is 1. The molecule has 0 bridgehead atoms. The van der Waals surface area contributed by atoms with Crippen molar-refractivity contribution in [1.29, 1.82) is 0 Å². The van der Waals surface area contributed by atoms with Crippen LogP contribution in [0.5, 0.6) is 0 Å². The monoisotopic (exact) mass is 199 g/mol. The Labute approximate surface area is 80.0 Å². The summed E-state index contributed by atoms with van der Waals surface area (Å²) in [6.07, 6.45) is 0. The molecule has 0 rings (SSSR count). The van der Waals surface area contributed by atoms with E-state index in [9.17, 15) is 0 Å². The molecule has 0 aromatic heterocycles. The molecule has 39 valence electrons. The molecule has 7 heavy (non-hydrogen) atoms. The molecule has 0 unspecified atom stereocenters. The van der Waals surface area contributed by atoms with Crippen LogP contribution in [0.15, 0.2) is 0 Å². The van der Waals surface area contributed by atoms with Gasteiger partial charge in [0.25, 0.3) is 0 Å². The molecule has 0 fully saturated rings. The van der Waals surface area contributed by atoms with Gasteiger partial charge < -0.3 is 14.7 Å². The van der Waals surface area contributed by atoms with E-state index in [0.717, 1.165) is 0 Å². The molecule has 0 amide bonds. The Kier molecular flexibility index (Phi) is 13.1. The Balaban J connectivity index is -0.0000000800. The van der Waals surface area contributed by atoms with Crippen LogP contribution in [0.3, 0.4) is 0 Å². The Morgan fingerprint density at radius 1 is 1.14 bits per heavy atom. The first kappa shape index (κ1) is 15.9. The fraction of sp³-hybridized carbons (Fsp3) is 0. The molecule has 0 aliphatic rings. The third-order valence-electron chi connectivity index (χ3n) is 0. The third-order valence-corrected chi connectivity index (χ3v) is 0. The maximum atomic E-state index is 8.88. The Morgan fingerprint density at radius 3 is 1.14 bits per heavy atom. The molecule has 0 saturated carbocycles. The minimum atomic E-state index is -4.64. The summed E-state index contributed by atoms with van der Waals surface area (Å²) in [7, 11) is -4.64. The van der Waals surface area contributed by atoms with Gasteiger partial charge in [0.2, 0.25) is 0 Å². The van der Waals surface area contributed by atoms with E-state index in [0.29, 0.717) is 0 Å². The normalized spacial score (nSPS) is 8.43. The van der Waals surface area contributed by atoms with Crippen molar-refractivity contribution < 1.29 is 19.2 Å². The first-order chi connectivity index (χ1) is 2.00. The van der Waals surface area contributed by atoms with E-state index in [1.165, 1.54) is 0 Å². The second kappa shape index (κ2) is 5.79. The molecule has 0 aliphatic heterocycles. The van der Waals surface area contributed by atoms with Crippen molar-refractivity contribution in [2.45, 2.75) is 0 Å². The quantitative estimate of drug-likeness (QED) is 0.304. The SMILES string of the molecule is O=P(O)(O)O.[B].[SrH2]. The molecule has 0 aromatic carbocycles. The molecule has 0 atom stereocenters. The average molecular weight is 198 g/mol. The zero-order valence-electron chi connectivity index (χ0n) is 2.77. The van der Waals surface area contributed by atoms with Gasteiger partial charge in [-0.3, -0.25) is 0 Å². The molecule has 0 aliphatic carbocycles. The van der Waals surface area contributed by atoms with E-state index in [1.54, 1.807) is 0 Å². The van der Waals surface area contributed by atoms with E-state index < -0.39 is 7.82 Å². The van der Waals surface area contributed by atoms with E-state index in [4.69, 9.17) is 19.2 Å². The van der Waals surface area contributed by atoms with Crippen molar-refractivity contribution in [3.05, 3.63) is 0 Å². The Morgan fingerprint density at radius 2 is 1.14 bits per heavy atom. The van der Waals surface area contributed by atoms with Gasteiger partial charge in [0.05, 0.1) is 0 Å². The van der Waals surface area contributed by atoms with Crippen LogP contribution >= 0.6 is 7.82 Å². The predicted octanol–water partition coefficient (Wildman–Crippen LogP) is -2.23. The van der Waals surface area contributed by atoms with Crippen LogP contribution in [0, 0.1) is 0 Å². The summed E-state index contributed by atoms with van der Waals surface area (Å²) in [5, 5.41) is 0. The molecular weight excluding hydrogens is 193 g/mol. The van der Waals surface area contributed by atoms with Gasteiger partial charge in [-0.2, -0.15) is 0 Å². The van der Waals surface area contributed by atoms with Crippen LogP contribution in [-0.4, -0.2) is 68.6 Å². The van der Waals surface area contributed by atoms with Gasteiger partial charge in [0.15, 0.2) is 0 Å². The van der Waals surface area contributed by atoms with E-state index in [2.05, 4.69) is 0 Å². The Hall–Kier alpha value is 1.66. The maximum absolute atomic E-state index is 8.88. The van der Waals surface area contributed by atoms with Crippen LogP contribution in [0.4, 0.5) is 0 Å². The van der Waals surface area contributed by atoms with E-state index in [1.807, 2.05) is 0 Å². The van der Waals surface area contributed by atoms with Gasteiger partial charge in [-0.1, -0.05) is 0 Å². The molecular formula is H5BO4PSr. The molecule has 3 radical (unpaired) electrons. The predicted molar refractivity (Wildman–Crippen MR) is 28.6 cm³/mol. The second-order valence-electron chi connectivity index (χ2n) is 0.513. The standard InChI is InChI=1S/B.H3O4P.Sr.2H/c;1-5(2,3)4;;;/h;(H3,1,2,3,4);;;. The fourth-order valence-electron chi connectivity index (χ4n) is 0. The number of rotatable bonds is 0. The van der Waals surface area contributed by atoms with Crippen LogP contribution in [0.2, 0.25) is 0 Å². The first-order valence-electron chi connectivity index (χ1n) is 0.783. The van der Waals surface area contributed by atoms with Crippen molar-refractivity contribution in [2.75, 3.05) is 0 Å². The molecule has 0 spiro atoms. The zero-order chi connectivity index (χ0) is 4.50. The fourth-order valence-corrected chi connectivity index (χ4v) is 0. The Bertz CT molecular complexity index is 57.8. The number of hydrogen-bond donors (Lipinski definition) is 3. The van der Waals surface area contributed by atoms with Crippen molar-refractivity contribution in [2.24, 2.45) is 0 Å². The van der Waals surface area contributed by atoms with Crippen molar-refractivity contribution in [1.82, 2.24) is 0 Å². The van der Waals surface area contributed by atoms with Gasteiger partial charge in [-0.15, -0.1) is 0 Å². The van der Waals surface area contributed by atoms with Gasteiger partial charge in [0, 0.05) is 8.41 Å². The summed E-state index contributed by atoms with van der Waals surface area (Å²) in [4.78, 5) is 21.6. The van der Waals surface area contributed by atoms with Crippen LogP contribution in [-0.2, 0) is 4.57 Å². The summed E-state index contributed by atoms with van der Waals surface area (Å²) < 4.78 is 8.88. The molecule has 7 heteroatoms. The van der Waals surface area contributed by atoms with Crippen molar-refractivity contribution in [3.8, 4) is 0 Å². The van der Waals surface area contributed by atoms with E-state index in [-0.39, 0.29) is 53.9 Å². The van der Waals surface area contributed by atoms with Gasteiger partial charge in [0.1, 0.15) is 0 Å². The summed E-state index contributed by atoms with van der Waals surface area (Å²) in [6, 6.07) is 0. The van der Waals surface area contributed by atoms with Crippen LogP contribution in [0.1, 0.15) is 0 Å². The molecule has 0 saturated heterocycles. The summed E-state index contributed by atoms with van der Waals surface area (Å²) in [5.74, 6) is 0. The van der Waals surface area contributed by atoms with Gasteiger partial charge >= 0.3 is 53.3 Å². The first-order valence-corrected chi connectivity index (χ1v) is 2.35. The zero-order valence-corrected chi connectivity index (χ0v) is 3.67.